The summed E-state index contributed by atoms with van der Waals surface area (Å²) >= 11 is 0. The molecule has 1 rings (SSSR count). The molecule has 2 atom stereocenters. The molecule has 1 aliphatic heterocycles. The van der Waals surface area contributed by atoms with Gasteiger partial charge in [-0.3, -0.25) is 0 Å². The lowest BCUT2D eigenvalue weighted by molar-refractivity contribution is -0.00795. The van der Waals surface area contributed by atoms with Gasteiger partial charge in [-0.1, -0.05) is 13.8 Å². The number of ether oxygens (including phenoxy) is 1. The van der Waals surface area contributed by atoms with Crippen LogP contribution in [0, 0.1) is 11.8 Å². The lowest BCUT2D eigenvalue weighted by Crippen LogP contribution is -2.25. The standard InChI is InChI=1S/C9H18O/c1-7(2)9-4-5-10-8(3)6-9/h7-9H,4-6H2,1-3H3. The Bertz CT molecular complexity index is 98.9. The maximum atomic E-state index is 5.46. The third-order valence-electron chi connectivity index (χ3n) is 2.47. The highest BCUT2D eigenvalue weighted by atomic mass is 16.5. The Hall–Kier alpha value is -0.0400. The molecular formula is C9H18O. The van der Waals surface area contributed by atoms with Gasteiger partial charge in [0.05, 0.1) is 6.10 Å². The van der Waals surface area contributed by atoms with Crippen molar-refractivity contribution < 1.29 is 4.74 Å². The van der Waals surface area contributed by atoms with E-state index in [1.54, 1.807) is 0 Å². The monoisotopic (exact) mass is 142 g/mol. The molecule has 0 aliphatic carbocycles. The third-order valence-corrected chi connectivity index (χ3v) is 2.47. The van der Waals surface area contributed by atoms with Crippen molar-refractivity contribution in [3.8, 4) is 0 Å². The van der Waals surface area contributed by atoms with Gasteiger partial charge < -0.3 is 4.74 Å². The van der Waals surface area contributed by atoms with Crippen molar-refractivity contribution in [2.45, 2.75) is 39.7 Å². The van der Waals surface area contributed by atoms with E-state index in [4.69, 9.17) is 4.74 Å². The first kappa shape index (κ1) is 8.06. The van der Waals surface area contributed by atoms with E-state index < -0.39 is 0 Å². The summed E-state index contributed by atoms with van der Waals surface area (Å²) in [5.41, 5.74) is 0. The van der Waals surface area contributed by atoms with Gasteiger partial charge in [-0.15, -0.1) is 0 Å². The van der Waals surface area contributed by atoms with Crippen LogP contribution in [0.25, 0.3) is 0 Å². The molecule has 60 valence electrons. The first-order chi connectivity index (χ1) is 4.70. The molecule has 1 fully saturated rings. The normalized spacial score (nSPS) is 34.8. The lowest BCUT2D eigenvalue weighted by Gasteiger charge is -2.29. The molecule has 1 saturated heterocycles. The van der Waals surface area contributed by atoms with Crippen LogP contribution in [-0.2, 0) is 4.74 Å². The van der Waals surface area contributed by atoms with Crippen molar-refractivity contribution in [1.29, 1.82) is 0 Å². The minimum atomic E-state index is 0.501. The van der Waals surface area contributed by atoms with Gasteiger partial charge in [0.2, 0.25) is 0 Å². The van der Waals surface area contributed by atoms with Crippen molar-refractivity contribution >= 4 is 0 Å². The van der Waals surface area contributed by atoms with Crippen LogP contribution in [0.1, 0.15) is 33.6 Å². The van der Waals surface area contributed by atoms with Crippen LogP contribution in [0.4, 0.5) is 0 Å². The quantitative estimate of drug-likeness (QED) is 0.546. The maximum Gasteiger partial charge on any atom is 0.0549 e. The van der Waals surface area contributed by atoms with E-state index in [1.165, 1.54) is 12.8 Å². The van der Waals surface area contributed by atoms with Gasteiger partial charge in [0.15, 0.2) is 0 Å². The average molecular weight is 142 g/mol. The molecule has 1 heterocycles. The molecule has 0 aromatic rings. The maximum absolute atomic E-state index is 5.46. The van der Waals surface area contributed by atoms with E-state index in [-0.39, 0.29) is 0 Å². The minimum Gasteiger partial charge on any atom is -0.378 e. The summed E-state index contributed by atoms with van der Waals surface area (Å²) in [5.74, 6) is 1.75. The summed E-state index contributed by atoms with van der Waals surface area (Å²) < 4.78 is 5.46. The second-order valence-electron chi connectivity index (χ2n) is 3.71. The highest BCUT2D eigenvalue weighted by Crippen LogP contribution is 2.26. The van der Waals surface area contributed by atoms with Crippen molar-refractivity contribution in [2.75, 3.05) is 6.61 Å². The zero-order chi connectivity index (χ0) is 7.56. The van der Waals surface area contributed by atoms with Crippen molar-refractivity contribution in [1.82, 2.24) is 0 Å². The van der Waals surface area contributed by atoms with E-state index in [1.807, 2.05) is 0 Å². The first-order valence-electron chi connectivity index (χ1n) is 4.31. The van der Waals surface area contributed by atoms with Gasteiger partial charge in [-0.2, -0.15) is 0 Å². The van der Waals surface area contributed by atoms with E-state index in [0.29, 0.717) is 6.10 Å². The molecule has 10 heavy (non-hydrogen) atoms. The van der Waals surface area contributed by atoms with Crippen molar-refractivity contribution in [3.63, 3.8) is 0 Å². The average Bonchev–Trinajstić information content (AvgIpc) is 1.88. The molecule has 0 saturated carbocycles. The summed E-state index contributed by atoms with van der Waals surface area (Å²) in [6, 6.07) is 0. The highest BCUT2D eigenvalue weighted by molar-refractivity contribution is 4.70. The van der Waals surface area contributed by atoms with E-state index in [0.717, 1.165) is 18.4 Å². The van der Waals surface area contributed by atoms with Crippen LogP contribution in [0.2, 0.25) is 0 Å². The largest absolute Gasteiger partial charge is 0.378 e. The second kappa shape index (κ2) is 3.38. The zero-order valence-corrected chi connectivity index (χ0v) is 7.26. The Kier molecular flexibility index (Phi) is 2.72. The summed E-state index contributed by atoms with van der Waals surface area (Å²) in [4.78, 5) is 0. The smallest absolute Gasteiger partial charge is 0.0549 e. The molecule has 0 aromatic carbocycles. The second-order valence-corrected chi connectivity index (χ2v) is 3.71. The topological polar surface area (TPSA) is 9.23 Å². The molecule has 0 aromatic heterocycles. The zero-order valence-electron chi connectivity index (χ0n) is 7.26. The Labute approximate surface area is 63.8 Å². The van der Waals surface area contributed by atoms with Crippen molar-refractivity contribution in [2.24, 2.45) is 11.8 Å². The van der Waals surface area contributed by atoms with Gasteiger partial charge in [-0.05, 0) is 31.6 Å². The number of rotatable bonds is 1. The van der Waals surface area contributed by atoms with E-state index in [2.05, 4.69) is 20.8 Å². The molecule has 0 amide bonds. The van der Waals surface area contributed by atoms with E-state index >= 15 is 0 Å². The molecule has 1 aliphatic rings. The summed E-state index contributed by atoms with van der Waals surface area (Å²) in [6.07, 6.45) is 3.03. The van der Waals surface area contributed by atoms with E-state index in [9.17, 15) is 0 Å². The first-order valence-corrected chi connectivity index (χ1v) is 4.31. The predicted octanol–water partition coefficient (Wildman–Crippen LogP) is 2.46. The van der Waals surface area contributed by atoms with Crippen LogP contribution in [0.3, 0.4) is 0 Å². The van der Waals surface area contributed by atoms with Crippen LogP contribution in [0.15, 0.2) is 0 Å². The summed E-state index contributed by atoms with van der Waals surface area (Å²) in [5, 5.41) is 0. The molecule has 0 spiro atoms. The molecule has 2 unspecified atom stereocenters. The van der Waals surface area contributed by atoms with Gasteiger partial charge in [0.1, 0.15) is 0 Å². The summed E-state index contributed by atoms with van der Waals surface area (Å²) in [7, 11) is 0. The SMILES string of the molecule is CC1CC(C(C)C)CCO1. The fraction of sp³-hybridized carbons (Fsp3) is 1.00. The fourth-order valence-electron chi connectivity index (χ4n) is 1.64. The molecule has 1 heteroatoms. The number of hydrogen-bond acceptors (Lipinski definition) is 1. The predicted molar refractivity (Wildman–Crippen MR) is 43.0 cm³/mol. The van der Waals surface area contributed by atoms with Crippen LogP contribution >= 0.6 is 0 Å². The van der Waals surface area contributed by atoms with Crippen LogP contribution in [0.5, 0.6) is 0 Å². The highest BCUT2D eigenvalue weighted by Gasteiger charge is 2.21. The molecule has 0 N–H and O–H groups in total. The van der Waals surface area contributed by atoms with Gasteiger partial charge in [0, 0.05) is 6.61 Å². The minimum absolute atomic E-state index is 0.501. The van der Waals surface area contributed by atoms with Gasteiger partial charge in [-0.25, -0.2) is 0 Å². The molecule has 0 bridgehead atoms. The number of hydrogen-bond donors (Lipinski definition) is 0. The molecule has 1 nitrogen and oxygen atoms in total. The fourth-order valence-corrected chi connectivity index (χ4v) is 1.64. The molecule has 0 radical (unpaired) electrons. The molecular weight excluding hydrogens is 124 g/mol. The van der Waals surface area contributed by atoms with Crippen LogP contribution in [-0.4, -0.2) is 12.7 Å². The third kappa shape index (κ3) is 1.98. The van der Waals surface area contributed by atoms with Gasteiger partial charge >= 0.3 is 0 Å². The Morgan fingerprint density at radius 3 is 2.50 bits per heavy atom. The lowest BCUT2D eigenvalue weighted by atomic mass is 9.86. The summed E-state index contributed by atoms with van der Waals surface area (Å²) in [6.45, 7) is 7.77. The van der Waals surface area contributed by atoms with Gasteiger partial charge in [0.25, 0.3) is 0 Å². The van der Waals surface area contributed by atoms with Crippen molar-refractivity contribution in [3.05, 3.63) is 0 Å². The Balaban J connectivity index is 2.32. The Morgan fingerprint density at radius 2 is 2.10 bits per heavy atom. The van der Waals surface area contributed by atoms with Crippen LogP contribution < -0.4 is 0 Å². The Morgan fingerprint density at radius 1 is 1.40 bits per heavy atom.